The number of nitrogens with two attached hydrogens (primary N) is 1. The van der Waals surface area contributed by atoms with Crippen LogP contribution in [0.25, 0.3) is 0 Å². The average molecular weight is 249 g/mol. The van der Waals surface area contributed by atoms with E-state index < -0.39 is 0 Å². The van der Waals surface area contributed by atoms with E-state index in [1.54, 1.807) is 0 Å². The minimum absolute atomic E-state index is 0.454. The number of aromatic nitrogens is 2. The summed E-state index contributed by atoms with van der Waals surface area (Å²) in [6.45, 7) is 5.89. The van der Waals surface area contributed by atoms with Crippen LogP contribution in [-0.2, 0) is 0 Å². The molecule has 0 radical (unpaired) electrons. The maximum atomic E-state index is 5.58. The molecule has 1 saturated heterocycles. The molecule has 2 heterocycles. The molecular formula is C13H23N5. The van der Waals surface area contributed by atoms with Crippen molar-refractivity contribution in [3.8, 4) is 0 Å². The topological polar surface area (TPSA) is 67.1 Å². The normalized spacial score (nSPS) is 22.1. The fourth-order valence-corrected chi connectivity index (χ4v) is 2.19. The Hall–Kier alpha value is -1.20. The molecule has 100 valence electrons. The molecule has 1 aromatic rings. The van der Waals surface area contributed by atoms with Gasteiger partial charge in [0.2, 0.25) is 0 Å². The van der Waals surface area contributed by atoms with Gasteiger partial charge in [-0.3, -0.25) is 0 Å². The summed E-state index contributed by atoms with van der Waals surface area (Å²) >= 11 is 0. The highest BCUT2D eigenvalue weighted by molar-refractivity contribution is 5.33. The molecular weight excluding hydrogens is 226 g/mol. The number of likely N-dealkylation sites (tertiary alicyclic amines) is 1. The second kappa shape index (κ2) is 6.11. The largest absolute Gasteiger partial charge is 0.368 e. The van der Waals surface area contributed by atoms with E-state index >= 15 is 0 Å². The molecule has 0 aromatic carbocycles. The smallest absolute Gasteiger partial charge is 0.148 e. The minimum Gasteiger partial charge on any atom is -0.368 e. The lowest BCUT2D eigenvalue weighted by atomic mass is 10.1. The summed E-state index contributed by atoms with van der Waals surface area (Å²) in [5, 5.41) is 11.8. The molecule has 3 N–H and O–H groups in total. The van der Waals surface area contributed by atoms with Crippen LogP contribution in [0.4, 0.5) is 5.82 Å². The van der Waals surface area contributed by atoms with Crippen molar-refractivity contribution in [2.24, 2.45) is 11.7 Å². The third kappa shape index (κ3) is 3.40. The molecule has 2 unspecified atom stereocenters. The standard InChI is InChI=1S/C13H23N5/c1-10(7-14)8-15-13-4-3-12(16-17-13)11-5-6-18(2)9-11/h3-4,10-11H,5-9,14H2,1-2H3,(H,15,17). The molecule has 2 atom stereocenters. The summed E-state index contributed by atoms with van der Waals surface area (Å²) in [4.78, 5) is 2.33. The van der Waals surface area contributed by atoms with Crippen molar-refractivity contribution in [3.63, 3.8) is 0 Å². The van der Waals surface area contributed by atoms with E-state index in [2.05, 4.69) is 40.5 Å². The van der Waals surface area contributed by atoms with Crippen molar-refractivity contribution in [1.82, 2.24) is 15.1 Å². The van der Waals surface area contributed by atoms with Crippen LogP contribution in [-0.4, -0.2) is 48.3 Å². The minimum atomic E-state index is 0.454. The van der Waals surface area contributed by atoms with Gasteiger partial charge in [0, 0.05) is 19.0 Å². The van der Waals surface area contributed by atoms with E-state index in [0.717, 1.165) is 31.1 Å². The fraction of sp³-hybridized carbons (Fsp3) is 0.692. The second-order valence-corrected chi connectivity index (χ2v) is 5.31. The van der Waals surface area contributed by atoms with Crippen LogP contribution >= 0.6 is 0 Å². The maximum Gasteiger partial charge on any atom is 0.148 e. The lowest BCUT2D eigenvalue weighted by Gasteiger charge is -2.12. The molecule has 5 nitrogen and oxygen atoms in total. The molecule has 0 saturated carbocycles. The Bertz CT molecular complexity index is 364. The van der Waals surface area contributed by atoms with E-state index in [-0.39, 0.29) is 0 Å². The first-order valence-corrected chi connectivity index (χ1v) is 6.65. The van der Waals surface area contributed by atoms with Crippen molar-refractivity contribution in [2.75, 3.05) is 38.5 Å². The third-order valence-corrected chi connectivity index (χ3v) is 3.53. The summed E-state index contributed by atoms with van der Waals surface area (Å²) in [6.07, 6.45) is 1.18. The number of rotatable bonds is 5. The number of hydrogen-bond acceptors (Lipinski definition) is 5. The van der Waals surface area contributed by atoms with Crippen LogP contribution in [0.15, 0.2) is 12.1 Å². The monoisotopic (exact) mass is 249 g/mol. The highest BCUT2D eigenvalue weighted by Gasteiger charge is 2.22. The molecule has 0 spiro atoms. The van der Waals surface area contributed by atoms with Crippen LogP contribution in [0.3, 0.4) is 0 Å². The first kappa shape index (κ1) is 13.2. The zero-order valence-electron chi connectivity index (χ0n) is 11.3. The van der Waals surface area contributed by atoms with Gasteiger partial charge in [-0.25, -0.2) is 0 Å². The number of hydrogen-bond donors (Lipinski definition) is 2. The van der Waals surface area contributed by atoms with Crippen LogP contribution in [0, 0.1) is 5.92 Å². The van der Waals surface area contributed by atoms with E-state index in [1.807, 2.05) is 6.07 Å². The van der Waals surface area contributed by atoms with E-state index in [0.29, 0.717) is 18.4 Å². The van der Waals surface area contributed by atoms with Crippen molar-refractivity contribution in [3.05, 3.63) is 17.8 Å². The Labute approximate surface area is 109 Å². The van der Waals surface area contributed by atoms with Crippen LogP contribution < -0.4 is 11.1 Å². The molecule has 0 amide bonds. The van der Waals surface area contributed by atoms with Gasteiger partial charge in [0.25, 0.3) is 0 Å². The molecule has 2 rings (SSSR count). The molecule has 0 aliphatic carbocycles. The summed E-state index contributed by atoms with van der Waals surface area (Å²) in [5.41, 5.74) is 6.68. The molecule has 1 aromatic heterocycles. The zero-order valence-corrected chi connectivity index (χ0v) is 11.3. The third-order valence-electron chi connectivity index (χ3n) is 3.53. The summed E-state index contributed by atoms with van der Waals surface area (Å²) in [6, 6.07) is 4.11. The molecule has 0 bridgehead atoms. The van der Waals surface area contributed by atoms with E-state index in [4.69, 9.17) is 5.73 Å². The summed E-state index contributed by atoms with van der Waals surface area (Å²) < 4.78 is 0. The Kier molecular flexibility index (Phi) is 4.49. The number of anilines is 1. The van der Waals surface area contributed by atoms with Crippen molar-refractivity contribution in [1.29, 1.82) is 0 Å². The quantitative estimate of drug-likeness (QED) is 0.811. The molecule has 5 heteroatoms. The Balaban J connectivity index is 1.89. The van der Waals surface area contributed by atoms with Gasteiger partial charge >= 0.3 is 0 Å². The zero-order chi connectivity index (χ0) is 13.0. The van der Waals surface area contributed by atoms with Gasteiger partial charge in [-0.05, 0) is 44.6 Å². The van der Waals surface area contributed by atoms with Gasteiger partial charge in [-0.2, -0.15) is 5.10 Å². The van der Waals surface area contributed by atoms with E-state index in [1.165, 1.54) is 6.42 Å². The maximum absolute atomic E-state index is 5.58. The van der Waals surface area contributed by atoms with Crippen molar-refractivity contribution in [2.45, 2.75) is 19.3 Å². The SMILES string of the molecule is CC(CN)CNc1ccc(C2CCN(C)C2)nn1. The molecule has 1 aliphatic rings. The highest BCUT2D eigenvalue weighted by Crippen LogP contribution is 2.24. The molecule has 1 fully saturated rings. The first-order chi connectivity index (χ1) is 8.69. The first-order valence-electron chi connectivity index (χ1n) is 6.65. The summed E-state index contributed by atoms with van der Waals surface area (Å²) in [7, 11) is 2.15. The predicted molar refractivity (Wildman–Crippen MR) is 73.6 cm³/mol. The lowest BCUT2D eigenvalue weighted by molar-refractivity contribution is 0.410. The fourth-order valence-electron chi connectivity index (χ4n) is 2.19. The predicted octanol–water partition coefficient (Wildman–Crippen LogP) is 0.902. The summed E-state index contributed by atoms with van der Waals surface area (Å²) in [5.74, 6) is 1.83. The Morgan fingerprint density at radius 2 is 2.33 bits per heavy atom. The Morgan fingerprint density at radius 1 is 1.50 bits per heavy atom. The number of nitrogens with zero attached hydrogens (tertiary/aromatic N) is 3. The van der Waals surface area contributed by atoms with Gasteiger partial charge < -0.3 is 16.0 Å². The van der Waals surface area contributed by atoms with Crippen LogP contribution in [0.1, 0.15) is 25.0 Å². The van der Waals surface area contributed by atoms with Crippen molar-refractivity contribution >= 4 is 5.82 Å². The van der Waals surface area contributed by atoms with Gasteiger partial charge in [0.15, 0.2) is 0 Å². The highest BCUT2D eigenvalue weighted by atomic mass is 15.2. The second-order valence-electron chi connectivity index (χ2n) is 5.31. The van der Waals surface area contributed by atoms with Crippen LogP contribution in [0.2, 0.25) is 0 Å². The van der Waals surface area contributed by atoms with Gasteiger partial charge in [-0.1, -0.05) is 6.92 Å². The van der Waals surface area contributed by atoms with Crippen molar-refractivity contribution < 1.29 is 0 Å². The van der Waals surface area contributed by atoms with Gasteiger partial charge in [-0.15, -0.1) is 5.10 Å². The molecule has 1 aliphatic heterocycles. The Morgan fingerprint density at radius 3 is 2.89 bits per heavy atom. The lowest BCUT2D eigenvalue weighted by Crippen LogP contribution is -2.20. The van der Waals surface area contributed by atoms with Crippen LogP contribution in [0.5, 0.6) is 0 Å². The van der Waals surface area contributed by atoms with E-state index in [9.17, 15) is 0 Å². The van der Waals surface area contributed by atoms with Gasteiger partial charge in [0.05, 0.1) is 5.69 Å². The average Bonchev–Trinajstić information content (AvgIpc) is 2.83. The molecule has 18 heavy (non-hydrogen) atoms. The number of likely N-dealkylation sites (N-methyl/N-ethyl adjacent to an activating group) is 1. The van der Waals surface area contributed by atoms with Gasteiger partial charge in [0.1, 0.15) is 5.82 Å². The number of nitrogens with one attached hydrogen (secondary N) is 1.